The van der Waals surface area contributed by atoms with Crippen LogP contribution in [0, 0.1) is 0 Å². The zero-order chi connectivity index (χ0) is 21.8. The molecule has 0 bridgehead atoms. The van der Waals surface area contributed by atoms with Crippen LogP contribution in [-0.2, 0) is 24.1 Å². The average Bonchev–Trinajstić information content (AvgIpc) is 3.33. The highest BCUT2D eigenvalue weighted by Gasteiger charge is 2.26. The molecule has 9 heteroatoms. The third-order valence-electron chi connectivity index (χ3n) is 5.02. The molecule has 0 saturated carbocycles. The third-order valence-corrected chi connectivity index (χ3v) is 6.96. The smallest absolute Gasteiger partial charge is 0.341 e. The van der Waals surface area contributed by atoms with Crippen molar-refractivity contribution >= 4 is 61.4 Å². The van der Waals surface area contributed by atoms with Crippen LogP contribution >= 0.6 is 39.5 Å². The third kappa shape index (κ3) is 5.34. The molecule has 4 rings (SSSR count). The van der Waals surface area contributed by atoms with Gasteiger partial charge in [-0.15, -0.1) is 11.3 Å². The Morgan fingerprint density at radius 2 is 2.00 bits per heavy atom. The summed E-state index contributed by atoms with van der Waals surface area (Å²) >= 11 is 10.5. The Balaban J connectivity index is 1.44. The number of nitrogens with one attached hydrogen (secondary N) is 2. The lowest BCUT2D eigenvalue weighted by molar-refractivity contribution is 0.0526. The number of carbonyl (C=O) groups excluding carboxylic acids is 1. The molecule has 2 N–H and O–H groups in total. The molecule has 0 aliphatic heterocycles. The van der Waals surface area contributed by atoms with Gasteiger partial charge in [-0.2, -0.15) is 5.10 Å². The number of fused-ring (bicyclic) bond motifs is 1. The first-order valence-corrected chi connectivity index (χ1v) is 12.2. The minimum atomic E-state index is -0.286. The van der Waals surface area contributed by atoms with Gasteiger partial charge in [0.25, 0.3) is 0 Å². The van der Waals surface area contributed by atoms with Gasteiger partial charge in [0, 0.05) is 21.6 Å². The molecule has 0 saturated heterocycles. The van der Waals surface area contributed by atoms with Crippen LogP contribution in [0.25, 0.3) is 0 Å². The van der Waals surface area contributed by atoms with Crippen molar-refractivity contribution in [3.63, 3.8) is 0 Å². The van der Waals surface area contributed by atoms with Gasteiger partial charge < -0.3 is 15.4 Å². The first kappa shape index (κ1) is 22.0. The van der Waals surface area contributed by atoms with Gasteiger partial charge in [0.2, 0.25) is 0 Å². The molecular formula is C22H23BrN4O2S2. The lowest BCUT2D eigenvalue weighted by Crippen LogP contribution is -2.21. The summed E-state index contributed by atoms with van der Waals surface area (Å²) in [6.07, 6.45) is 6.04. The Bertz CT molecular complexity index is 1090. The number of hydrogen-bond acceptors (Lipinski definition) is 5. The minimum Gasteiger partial charge on any atom is -0.462 e. The van der Waals surface area contributed by atoms with Crippen LogP contribution in [0.3, 0.4) is 0 Å². The van der Waals surface area contributed by atoms with E-state index in [1.807, 2.05) is 36.0 Å². The molecule has 0 unspecified atom stereocenters. The molecule has 1 aliphatic carbocycles. The first-order valence-electron chi connectivity index (χ1n) is 10.2. The highest BCUT2D eigenvalue weighted by Crippen LogP contribution is 2.38. The molecule has 1 aromatic carbocycles. The van der Waals surface area contributed by atoms with Crippen molar-refractivity contribution in [3.05, 3.63) is 62.6 Å². The number of benzene rings is 1. The van der Waals surface area contributed by atoms with E-state index in [0.29, 0.717) is 29.6 Å². The summed E-state index contributed by atoms with van der Waals surface area (Å²) in [5.41, 5.74) is 2.90. The van der Waals surface area contributed by atoms with Gasteiger partial charge >= 0.3 is 5.97 Å². The first-order chi connectivity index (χ1) is 15.0. The number of anilines is 2. The second kappa shape index (κ2) is 9.93. The topological polar surface area (TPSA) is 68.2 Å². The highest BCUT2D eigenvalue weighted by atomic mass is 79.9. The zero-order valence-electron chi connectivity index (χ0n) is 17.1. The number of nitrogens with zero attached hydrogens (tertiary/aromatic N) is 2. The van der Waals surface area contributed by atoms with Gasteiger partial charge in [0.1, 0.15) is 5.00 Å². The molecule has 1 aliphatic rings. The van der Waals surface area contributed by atoms with Gasteiger partial charge in [0.15, 0.2) is 10.9 Å². The van der Waals surface area contributed by atoms with E-state index < -0.39 is 0 Å². The number of aromatic nitrogens is 2. The largest absolute Gasteiger partial charge is 0.462 e. The van der Waals surface area contributed by atoms with Crippen molar-refractivity contribution in [2.75, 3.05) is 17.2 Å². The van der Waals surface area contributed by atoms with E-state index >= 15 is 0 Å². The number of thiocarbonyl (C=S) groups is 1. The van der Waals surface area contributed by atoms with Crippen molar-refractivity contribution < 1.29 is 9.53 Å². The fraction of sp³-hybridized carbons (Fsp3) is 0.318. The lowest BCUT2D eigenvalue weighted by atomic mass is 9.95. The predicted octanol–water partition coefficient (Wildman–Crippen LogP) is 5.62. The average molecular weight is 519 g/mol. The van der Waals surface area contributed by atoms with Crippen molar-refractivity contribution in [2.45, 2.75) is 39.2 Å². The number of halogens is 1. The van der Waals surface area contributed by atoms with Crippen LogP contribution in [0.4, 0.5) is 10.8 Å². The van der Waals surface area contributed by atoms with Crippen LogP contribution < -0.4 is 10.6 Å². The maximum atomic E-state index is 12.6. The van der Waals surface area contributed by atoms with Gasteiger partial charge in [-0.05, 0) is 68.1 Å². The second-order valence-corrected chi connectivity index (χ2v) is 9.67. The number of thiophene rings is 1. The fourth-order valence-electron chi connectivity index (χ4n) is 3.62. The van der Waals surface area contributed by atoms with Gasteiger partial charge in [-0.3, -0.25) is 4.68 Å². The van der Waals surface area contributed by atoms with E-state index in [1.54, 1.807) is 11.3 Å². The summed E-state index contributed by atoms with van der Waals surface area (Å²) in [4.78, 5) is 13.8. The summed E-state index contributed by atoms with van der Waals surface area (Å²) in [6.45, 7) is 2.84. The molecule has 31 heavy (non-hydrogen) atoms. The van der Waals surface area contributed by atoms with E-state index in [4.69, 9.17) is 17.0 Å². The zero-order valence-corrected chi connectivity index (χ0v) is 20.3. The van der Waals surface area contributed by atoms with Crippen LogP contribution in [0.5, 0.6) is 0 Å². The molecular weight excluding hydrogens is 496 g/mol. The summed E-state index contributed by atoms with van der Waals surface area (Å²) in [6, 6.07) is 10.0. The predicted molar refractivity (Wildman–Crippen MR) is 132 cm³/mol. The van der Waals surface area contributed by atoms with E-state index in [-0.39, 0.29) is 5.97 Å². The standard InChI is InChI=1S/C22H23BrN4O2S2/c1-2-29-21(28)19-16-5-3-4-6-17(16)31-20(19)25-22(30)24-18-11-12-27(26-18)13-14-7-9-15(23)10-8-14/h7-12H,2-6,13H2,1H3,(H2,24,25,26,30). The van der Waals surface area contributed by atoms with Crippen LogP contribution in [0.1, 0.15) is 46.1 Å². The Morgan fingerprint density at radius 3 is 2.77 bits per heavy atom. The fourth-order valence-corrected chi connectivity index (χ4v) is 5.43. The van der Waals surface area contributed by atoms with E-state index in [1.165, 1.54) is 4.88 Å². The van der Waals surface area contributed by atoms with Crippen molar-refractivity contribution in [2.24, 2.45) is 0 Å². The summed E-state index contributed by atoms with van der Waals surface area (Å²) < 4.78 is 8.20. The number of carbonyl (C=O) groups is 1. The molecule has 2 aromatic heterocycles. The number of aryl methyl sites for hydroxylation is 1. The van der Waals surface area contributed by atoms with Crippen molar-refractivity contribution in [1.82, 2.24) is 9.78 Å². The quantitative estimate of drug-likeness (QED) is 0.326. The van der Waals surface area contributed by atoms with E-state index in [2.05, 4.69) is 43.8 Å². The maximum absolute atomic E-state index is 12.6. The number of hydrogen-bond donors (Lipinski definition) is 2. The summed E-state index contributed by atoms with van der Waals surface area (Å²) in [7, 11) is 0. The molecule has 0 amide bonds. The molecule has 162 valence electrons. The number of rotatable bonds is 6. The molecule has 0 spiro atoms. The molecule has 0 atom stereocenters. The van der Waals surface area contributed by atoms with Crippen LogP contribution in [0.2, 0.25) is 0 Å². The van der Waals surface area contributed by atoms with E-state index in [9.17, 15) is 4.79 Å². The molecule has 0 fully saturated rings. The van der Waals surface area contributed by atoms with Crippen LogP contribution in [-0.4, -0.2) is 27.5 Å². The minimum absolute atomic E-state index is 0.286. The van der Waals surface area contributed by atoms with Gasteiger partial charge in [-0.25, -0.2) is 4.79 Å². The summed E-state index contributed by atoms with van der Waals surface area (Å²) in [5, 5.41) is 12.0. The normalized spacial score (nSPS) is 12.8. The molecule has 6 nitrogen and oxygen atoms in total. The monoisotopic (exact) mass is 518 g/mol. The Kier molecular flexibility index (Phi) is 7.04. The SMILES string of the molecule is CCOC(=O)c1c(NC(=S)Nc2ccn(Cc3ccc(Br)cc3)n2)sc2c1CCCC2. The maximum Gasteiger partial charge on any atom is 0.341 e. The van der Waals surface area contributed by atoms with Crippen molar-refractivity contribution in [1.29, 1.82) is 0 Å². The van der Waals surface area contributed by atoms with Gasteiger partial charge in [0.05, 0.1) is 18.7 Å². The van der Waals surface area contributed by atoms with Crippen LogP contribution in [0.15, 0.2) is 41.0 Å². The lowest BCUT2D eigenvalue weighted by Gasteiger charge is -2.12. The second-order valence-electron chi connectivity index (χ2n) is 7.24. The van der Waals surface area contributed by atoms with E-state index in [0.717, 1.165) is 46.3 Å². The Labute approximate surface area is 199 Å². The number of ether oxygens (including phenoxy) is 1. The molecule has 2 heterocycles. The molecule has 0 radical (unpaired) electrons. The number of esters is 1. The Morgan fingerprint density at radius 1 is 1.23 bits per heavy atom. The highest BCUT2D eigenvalue weighted by molar-refractivity contribution is 9.10. The summed E-state index contributed by atoms with van der Waals surface area (Å²) in [5.74, 6) is 0.361. The van der Waals surface area contributed by atoms with Crippen molar-refractivity contribution in [3.8, 4) is 0 Å². The van der Waals surface area contributed by atoms with Gasteiger partial charge in [-0.1, -0.05) is 28.1 Å². The molecule has 3 aromatic rings. The Hall–Kier alpha value is -2.23.